The minimum absolute atomic E-state index is 0.212. The zero-order valence-electron chi connectivity index (χ0n) is 10.9. The molecule has 1 aliphatic carbocycles. The molecule has 96 valence electrons. The van der Waals surface area contributed by atoms with Crippen LogP contribution in [-0.2, 0) is 6.54 Å². The van der Waals surface area contributed by atoms with Crippen LogP contribution >= 0.6 is 0 Å². The topological polar surface area (TPSA) is 25.2 Å². The molecule has 1 saturated carbocycles. The predicted molar refractivity (Wildman–Crippen MR) is 70.9 cm³/mol. The first-order valence-corrected chi connectivity index (χ1v) is 7.15. The largest absolute Gasteiger partial charge is 0.388 e. The number of hydrogen-bond acceptors (Lipinski definition) is 1. The number of aryl methyl sites for hydroxylation is 1. The number of nitrogens with zero attached hydrogens (tertiary/aromatic N) is 1. The smallest absolute Gasteiger partial charge is 0.0832 e. The van der Waals surface area contributed by atoms with Crippen molar-refractivity contribution in [1.29, 1.82) is 0 Å². The van der Waals surface area contributed by atoms with Crippen LogP contribution in [-0.4, -0.2) is 9.67 Å². The molecule has 1 N–H and O–H groups in total. The van der Waals surface area contributed by atoms with Crippen LogP contribution in [0.4, 0.5) is 0 Å². The molecule has 0 aromatic carbocycles. The van der Waals surface area contributed by atoms with Crippen LogP contribution in [0.25, 0.3) is 0 Å². The van der Waals surface area contributed by atoms with Crippen molar-refractivity contribution in [3.8, 4) is 0 Å². The maximum Gasteiger partial charge on any atom is 0.0832 e. The van der Waals surface area contributed by atoms with Crippen LogP contribution in [0.1, 0.15) is 63.5 Å². The monoisotopic (exact) mass is 235 g/mol. The van der Waals surface area contributed by atoms with E-state index >= 15 is 0 Å². The Morgan fingerprint density at radius 1 is 1.29 bits per heavy atom. The molecule has 1 aromatic rings. The Bertz CT molecular complexity index is 327. The van der Waals surface area contributed by atoms with E-state index in [1.807, 2.05) is 0 Å². The summed E-state index contributed by atoms with van der Waals surface area (Å²) >= 11 is 0. The molecule has 0 bridgehead atoms. The van der Waals surface area contributed by atoms with Gasteiger partial charge in [-0.3, -0.25) is 0 Å². The van der Waals surface area contributed by atoms with Crippen LogP contribution in [0.15, 0.2) is 18.5 Å². The lowest BCUT2D eigenvalue weighted by Crippen LogP contribution is -1.99. The van der Waals surface area contributed by atoms with Crippen LogP contribution < -0.4 is 0 Å². The molecule has 1 fully saturated rings. The molecule has 2 heteroatoms. The van der Waals surface area contributed by atoms with Gasteiger partial charge in [-0.2, -0.15) is 0 Å². The number of aliphatic hydroxyl groups is 1. The summed E-state index contributed by atoms with van der Waals surface area (Å²) in [5.74, 6) is 0.537. The number of aliphatic hydroxyl groups excluding tert-OH is 1. The molecule has 1 aromatic heterocycles. The van der Waals surface area contributed by atoms with Crippen molar-refractivity contribution in [3.05, 3.63) is 24.0 Å². The summed E-state index contributed by atoms with van der Waals surface area (Å²) in [6.07, 6.45) is 13.0. The molecule has 1 unspecified atom stereocenters. The molecule has 17 heavy (non-hydrogen) atoms. The van der Waals surface area contributed by atoms with E-state index in [0.29, 0.717) is 5.92 Å². The first-order chi connectivity index (χ1) is 8.31. The van der Waals surface area contributed by atoms with Gasteiger partial charge in [-0.1, -0.05) is 32.6 Å². The summed E-state index contributed by atoms with van der Waals surface area (Å²) in [6, 6.07) is 2.08. The number of hydrogen-bond donors (Lipinski definition) is 1. The summed E-state index contributed by atoms with van der Waals surface area (Å²) in [6.45, 7) is 3.35. The van der Waals surface area contributed by atoms with E-state index in [4.69, 9.17) is 0 Å². The fourth-order valence-electron chi connectivity index (χ4n) is 2.36. The standard InChI is InChI=1S/C15H25NO/c1-2-3-4-5-6-10-16-11-9-14(12-16)15(17)13-7-8-13/h9,11-13,15,17H,2-8,10H2,1H3. The third kappa shape index (κ3) is 3.88. The molecule has 0 spiro atoms. The predicted octanol–water partition coefficient (Wildman–Crippen LogP) is 3.90. The van der Waals surface area contributed by atoms with Gasteiger partial charge in [0, 0.05) is 18.9 Å². The Morgan fingerprint density at radius 3 is 2.76 bits per heavy atom. The maximum atomic E-state index is 10.0. The summed E-state index contributed by atoms with van der Waals surface area (Å²) in [5.41, 5.74) is 1.11. The minimum atomic E-state index is -0.212. The lowest BCUT2D eigenvalue weighted by atomic mass is 10.1. The van der Waals surface area contributed by atoms with Crippen LogP contribution in [0.3, 0.4) is 0 Å². The normalized spacial score (nSPS) is 17.3. The van der Waals surface area contributed by atoms with Gasteiger partial charge in [0.1, 0.15) is 0 Å². The third-order valence-electron chi connectivity index (χ3n) is 3.70. The van der Waals surface area contributed by atoms with Gasteiger partial charge in [0.05, 0.1) is 6.10 Å². The highest BCUT2D eigenvalue weighted by Gasteiger charge is 2.30. The van der Waals surface area contributed by atoms with Crippen LogP contribution in [0, 0.1) is 5.92 Å². The highest BCUT2D eigenvalue weighted by molar-refractivity contribution is 5.16. The summed E-state index contributed by atoms with van der Waals surface area (Å²) in [5, 5.41) is 10.0. The molecule has 0 radical (unpaired) electrons. The Kier molecular flexibility index (Phi) is 4.66. The highest BCUT2D eigenvalue weighted by atomic mass is 16.3. The molecule has 2 nitrogen and oxygen atoms in total. The van der Waals surface area contributed by atoms with Gasteiger partial charge in [0.25, 0.3) is 0 Å². The van der Waals surface area contributed by atoms with Gasteiger partial charge in [-0.05, 0) is 36.8 Å². The van der Waals surface area contributed by atoms with E-state index in [1.165, 1.54) is 44.9 Å². The lowest BCUT2D eigenvalue weighted by Gasteiger charge is -2.06. The van der Waals surface area contributed by atoms with Gasteiger partial charge in [0.2, 0.25) is 0 Å². The van der Waals surface area contributed by atoms with Gasteiger partial charge in [-0.25, -0.2) is 0 Å². The van der Waals surface area contributed by atoms with Crippen LogP contribution in [0.5, 0.6) is 0 Å². The SMILES string of the molecule is CCCCCCCn1ccc(C(O)C2CC2)c1. The first kappa shape index (κ1) is 12.7. The Morgan fingerprint density at radius 2 is 2.06 bits per heavy atom. The summed E-state index contributed by atoms with van der Waals surface area (Å²) in [4.78, 5) is 0. The maximum absolute atomic E-state index is 10.0. The van der Waals surface area contributed by atoms with E-state index in [-0.39, 0.29) is 6.10 Å². The molecular formula is C15H25NO. The average molecular weight is 235 g/mol. The molecule has 0 aliphatic heterocycles. The Labute approximate surface area is 105 Å². The highest BCUT2D eigenvalue weighted by Crippen LogP contribution is 2.40. The van der Waals surface area contributed by atoms with Gasteiger partial charge in [0.15, 0.2) is 0 Å². The minimum Gasteiger partial charge on any atom is -0.388 e. The zero-order chi connectivity index (χ0) is 12.1. The van der Waals surface area contributed by atoms with Crippen molar-refractivity contribution in [2.75, 3.05) is 0 Å². The quantitative estimate of drug-likeness (QED) is 0.679. The molecule has 1 aliphatic rings. The van der Waals surface area contributed by atoms with Crippen molar-refractivity contribution < 1.29 is 5.11 Å². The van der Waals surface area contributed by atoms with Gasteiger partial charge in [-0.15, -0.1) is 0 Å². The van der Waals surface area contributed by atoms with Crippen molar-refractivity contribution >= 4 is 0 Å². The van der Waals surface area contributed by atoms with Crippen molar-refractivity contribution in [3.63, 3.8) is 0 Å². The van der Waals surface area contributed by atoms with E-state index in [1.54, 1.807) is 0 Å². The summed E-state index contributed by atoms with van der Waals surface area (Å²) < 4.78 is 2.23. The second kappa shape index (κ2) is 6.25. The zero-order valence-corrected chi connectivity index (χ0v) is 10.9. The molecule has 1 atom stereocenters. The molecule has 0 amide bonds. The fourth-order valence-corrected chi connectivity index (χ4v) is 2.36. The van der Waals surface area contributed by atoms with Crippen molar-refractivity contribution in [1.82, 2.24) is 4.57 Å². The van der Waals surface area contributed by atoms with Crippen molar-refractivity contribution in [2.24, 2.45) is 5.92 Å². The fraction of sp³-hybridized carbons (Fsp3) is 0.733. The third-order valence-corrected chi connectivity index (χ3v) is 3.70. The molecular weight excluding hydrogens is 210 g/mol. The second-order valence-corrected chi connectivity index (χ2v) is 5.38. The van der Waals surface area contributed by atoms with Crippen LogP contribution in [0.2, 0.25) is 0 Å². The van der Waals surface area contributed by atoms with E-state index < -0.39 is 0 Å². The van der Waals surface area contributed by atoms with Gasteiger partial charge < -0.3 is 9.67 Å². The van der Waals surface area contributed by atoms with Crippen molar-refractivity contribution in [2.45, 2.75) is 64.5 Å². The number of rotatable bonds is 8. The Balaban J connectivity index is 1.70. The molecule has 2 rings (SSSR count). The molecule has 0 saturated heterocycles. The van der Waals surface area contributed by atoms with E-state index in [0.717, 1.165) is 12.1 Å². The molecule has 1 heterocycles. The second-order valence-electron chi connectivity index (χ2n) is 5.38. The lowest BCUT2D eigenvalue weighted by molar-refractivity contribution is 0.154. The summed E-state index contributed by atoms with van der Waals surface area (Å²) in [7, 11) is 0. The van der Waals surface area contributed by atoms with E-state index in [2.05, 4.69) is 30.0 Å². The first-order valence-electron chi connectivity index (χ1n) is 7.15. The Hall–Kier alpha value is -0.760. The average Bonchev–Trinajstić information content (AvgIpc) is 3.08. The number of aromatic nitrogens is 1. The number of unbranched alkanes of at least 4 members (excludes halogenated alkanes) is 4. The van der Waals surface area contributed by atoms with E-state index in [9.17, 15) is 5.11 Å². The van der Waals surface area contributed by atoms with Gasteiger partial charge >= 0.3 is 0 Å².